The Morgan fingerprint density at radius 1 is 0.703 bits per heavy atom. The van der Waals surface area contributed by atoms with Gasteiger partial charge in [-0.05, 0) is 54.9 Å². The molecule has 37 heavy (non-hydrogen) atoms. The number of nitrogens with zero attached hydrogens (tertiary/aromatic N) is 2. The highest BCUT2D eigenvalue weighted by Crippen LogP contribution is 2.38. The van der Waals surface area contributed by atoms with Gasteiger partial charge in [0, 0.05) is 68.9 Å². The molecule has 0 bridgehead atoms. The largest absolute Gasteiger partial charge is 0.478 e. The van der Waals surface area contributed by atoms with Crippen molar-refractivity contribution in [3.63, 3.8) is 0 Å². The molecule has 0 spiro atoms. The minimum absolute atomic E-state index is 0.110. The van der Waals surface area contributed by atoms with Crippen LogP contribution in [0.3, 0.4) is 0 Å². The summed E-state index contributed by atoms with van der Waals surface area (Å²) >= 11 is 0. The normalized spacial score (nSPS) is 16.1. The Hall–Kier alpha value is -2.16. The summed E-state index contributed by atoms with van der Waals surface area (Å²) < 4.78 is 12.1. The van der Waals surface area contributed by atoms with E-state index in [0.29, 0.717) is 13.5 Å². The average molecular weight is 510 g/mol. The average Bonchev–Trinajstić information content (AvgIpc) is 2.93. The third-order valence-electron chi connectivity index (χ3n) is 7.59. The molecule has 0 amide bonds. The van der Waals surface area contributed by atoms with E-state index in [1.54, 1.807) is 0 Å². The maximum Gasteiger partial charge on any atom is 0.142 e. The van der Waals surface area contributed by atoms with Gasteiger partial charge < -0.3 is 25.4 Å². The lowest BCUT2D eigenvalue weighted by Gasteiger charge is -2.33. The van der Waals surface area contributed by atoms with Crippen LogP contribution in [0.1, 0.15) is 56.4 Å². The first kappa shape index (κ1) is 27.9. The number of hydrogen-bond acceptors (Lipinski definition) is 7. The molecule has 2 aliphatic rings. The highest BCUT2D eigenvalue weighted by molar-refractivity contribution is 5.48. The van der Waals surface area contributed by atoms with Crippen LogP contribution in [0.4, 0.5) is 0 Å². The Labute approximate surface area is 223 Å². The van der Waals surface area contributed by atoms with Gasteiger partial charge in [0.15, 0.2) is 0 Å². The SMILES string of the molecule is CCCNCCNCCNCCN1COc2ccc(C(C)(C)c3ccc4c(c3)CN(CC)CO4)cc2C1. The fourth-order valence-corrected chi connectivity index (χ4v) is 5.02. The molecule has 204 valence electrons. The van der Waals surface area contributed by atoms with Gasteiger partial charge in [-0.1, -0.05) is 39.8 Å². The van der Waals surface area contributed by atoms with Crippen molar-refractivity contribution in [3.05, 3.63) is 58.7 Å². The zero-order valence-corrected chi connectivity index (χ0v) is 23.4. The van der Waals surface area contributed by atoms with E-state index in [4.69, 9.17) is 9.47 Å². The van der Waals surface area contributed by atoms with Gasteiger partial charge in [-0.2, -0.15) is 0 Å². The van der Waals surface area contributed by atoms with E-state index < -0.39 is 0 Å². The minimum atomic E-state index is -0.110. The standard InChI is InChI=1S/C30H47N5O2/c1-5-11-31-12-13-32-14-15-33-16-17-35-21-25-19-27(8-10-29(25)37-23-35)30(3,4)26-7-9-28-24(18-26)20-34(6-2)22-36-28/h7-10,18-19,31-33H,5-6,11-17,20-23H2,1-4H3. The molecule has 0 saturated carbocycles. The molecular weight excluding hydrogens is 462 g/mol. The molecule has 4 rings (SSSR count). The second-order valence-corrected chi connectivity index (χ2v) is 10.8. The Morgan fingerprint density at radius 3 is 1.78 bits per heavy atom. The molecule has 2 aromatic carbocycles. The Kier molecular flexibility index (Phi) is 10.2. The second-order valence-electron chi connectivity index (χ2n) is 10.8. The van der Waals surface area contributed by atoms with E-state index in [1.807, 2.05) is 0 Å². The number of hydrogen-bond donors (Lipinski definition) is 3. The van der Waals surface area contributed by atoms with Crippen molar-refractivity contribution in [1.29, 1.82) is 0 Å². The highest BCUT2D eigenvalue weighted by Gasteiger charge is 2.28. The Balaban J connectivity index is 1.29. The van der Waals surface area contributed by atoms with E-state index in [-0.39, 0.29) is 5.41 Å². The highest BCUT2D eigenvalue weighted by atomic mass is 16.5. The van der Waals surface area contributed by atoms with Crippen LogP contribution in [0.5, 0.6) is 11.5 Å². The summed E-state index contributed by atoms with van der Waals surface area (Å²) in [6, 6.07) is 13.4. The number of fused-ring (bicyclic) bond motifs is 2. The molecule has 2 aliphatic heterocycles. The molecule has 7 heteroatoms. The minimum Gasteiger partial charge on any atom is -0.478 e. The summed E-state index contributed by atoms with van der Waals surface area (Å²) in [7, 11) is 0. The van der Waals surface area contributed by atoms with Crippen molar-refractivity contribution in [2.24, 2.45) is 0 Å². The van der Waals surface area contributed by atoms with Crippen molar-refractivity contribution >= 4 is 0 Å². The quantitative estimate of drug-likeness (QED) is 0.337. The first-order valence-electron chi connectivity index (χ1n) is 14.1. The van der Waals surface area contributed by atoms with Crippen LogP contribution in [0.25, 0.3) is 0 Å². The lowest BCUT2D eigenvalue weighted by atomic mass is 9.77. The zero-order valence-electron chi connectivity index (χ0n) is 23.4. The van der Waals surface area contributed by atoms with E-state index in [2.05, 4.69) is 89.8 Å². The van der Waals surface area contributed by atoms with Gasteiger partial charge in [0.05, 0.1) is 0 Å². The summed E-state index contributed by atoms with van der Waals surface area (Å²) in [6.45, 7) is 20.3. The lowest BCUT2D eigenvalue weighted by molar-refractivity contribution is 0.0961. The fourth-order valence-electron chi connectivity index (χ4n) is 5.02. The third-order valence-corrected chi connectivity index (χ3v) is 7.59. The zero-order chi connectivity index (χ0) is 26.1. The van der Waals surface area contributed by atoms with Gasteiger partial charge in [-0.15, -0.1) is 0 Å². The Morgan fingerprint density at radius 2 is 1.22 bits per heavy atom. The molecule has 0 radical (unpaired) electrons. The van der Waals surface area contributed by atoms with Crippen LogP contribution in [0.15, 0.2) is 36.4 Å². The van der Waals surface area contributed by atoms with Crippen LogP contribution in [0.2, 0.25) is 0 Å². The topological polar surface area (TPSA) is 61.0 Å². The van der Waals surface area contributed by atoms with Crippen LogP contribution in [-0.2, 0) is 18.5 Å². The van der Waals surface area contributed by atoms with Gasteiger partial charge >= 0.3 is 0 Å². The first-order chi connectivity index (χ1) is 18.0. The number of ether oxygens (including phenoxy) is 2. The third kappa shape index (κ3) is 7.45. The summed E-state index contributed by atoms with van der Waals surface area (Å²) in [4.78, 5) is 4.70. The molecule has 0 atom stereocenters. The van der Waals surface area contributed by atoms with Crippen LogP contribution >= 0.6 is 0 Å². The summed E-state index contributed by atoms with van der Waals surface area (Å²) in [5, 5.41) is 10.4. The molecule has 2 aromatic rings. The van der Waals surface area contributed by atoms with Gasteiger partial charge in [0.2, 0.25) is 0 Å². The predicted octanol–water partition coefficient (Wildman–Crippen LogP) is 3.52. The molecule has 0 saturated heterocycles. The molecule has 0 aliphatic carbocycles. The smallest absolute Gasteiger partial charge is 0.142 e. The predicted molar refractivity (Wildman–Crippen MR) is 151 cm³/mol. The number of nitrogens with one attached hydrogen (secondary N) is 3. The summed E-state index contributed by atoms with van der Waals surface area (Å²) in [5.41, 5.74) is 5.08. The molecule has 7 nitrogen and oxygen atoms in total. The van der Waals surface area contributed by atoms with E-state index in [9.17, 15) is 0 Å². The van der Waals surface area contributed by atoms with Crippen LogP contribution in [0, 0.1) is 0 Å². The molecule has 0 unspecified atom stereocenters. The molecule has 2 heterocycles. The van der Waals surface area contributed by atoms with Gasteiger partial charge in [0.25, 0.3) is 0 Å². The van der Waals surface area contributed by atoms with Crippen molar-refractivity contribution in [2.45, 2.75) is 52.6 Å². The molecule has 0 aromatic heterocycles. The maximum absolute atomic E-state index is 6.11. The summed E-state index contributed by atoms with van der Waals surface area (Å²) in [5.74, 6) is 2.04. The number of benzene rings is 2. The Bertz CT molecular complexity index is 996. The number of rotatable bonds is 14. The molecular formula is C30H47N5O2. The molecule has 3 N–H and O–H groups in total. The summed E-state index contributed by atoms with van der Waals surface area (Å²) in [6.07, 6.45) is 1.19. The van der Waals surface area contributed by atoms with Gasteiger partial charge in [0.1, 0.15) is 25.0 Å². The lowest BCUT2D eigenvalue weighted by Crippen LogP contribution is -2.39. The monoisotopic (exact) mass is 509 g/mol. The first-order valence-corrected chi connectivity index (χ1v) is 14.1. The second kappa shape index (κ2) is 13.6. The van der Waals surface area contributed by atoms with E-state index in [0.717, 1.165) is 76.9 Å². The van der Waals surface area contributed by atoms with Crippen molar-refractivity contribution in [2.75, 3.05) is 65.8 Å². The van der Waals surface area contributed by atoms with Crippen LogP contribution in [-0.4, -0.2) is 75.6 Å². The van der Waals surface area contributed by atoms with Crippen molar-refractivity contribution < 1.29 is 9.47 Å². The van der Waals surface area contributed by atoms with Crippen molar-refractivity contribution in [3.8, 4) is 11.5 Å². The van der Waals surface area contributed by atoms with E-state index in [1.165, 1.54) is 28.7 Å². The van der Waals surface area contributed by atoms with Gasteiger partial charge in [-0.25, -0.2) is 0 Å². The van der Waals surface area contributed by atoms with Gasteiger partial charge in [-0.3, -0.25) is 9.80 Å². The maximum atomic E-state index is 6.11. The fraction of sp³-hybridized carbons (Fsp3) is 0.600. The molecule has 0 fully saturated rings. The van der Waals surface area contributed by atoms with Crippen LogP contribution < -0.4 is 25.4 Å². The van der Waals surface area contributed by atoms with E-state index >= 15 is 0 Å². The van der Waals surface area contributed by atoms with Crippen molar-refractivity contribution in [1.82, 2.24) is 25.8 Å².